The molecule has 2 aromatic heterocycles. The molecule has 1 fully saturated rings. The van der Waals surface area contributed by atoms with Gasteiger partial charge in [-0.05, 0) is 32.4 Å². The molecule has 31 heavy (non-hydrogen) atoms. The zero-order valence-electron chi connectivity index (χ0n) is 17.3. The molecule has 3 aromatic rings. The van der Waals surface area contributed by atoms with Gasteiger partial charge in [0, 0.05) is 30.2 Å². The van der Waals surface area contributed by atoms with Gasteiger partial charge < -0.3 is 4.90 Å². The zero-order chi connectivity index (χ0) is 22.6. The first kappa shape index (κ1) is 21.5. The number of halogens is 3. The summed E-state index contributed by atoms with van der Waals surface area (Å²) >= 11 is 0. The topological polar surface area (TPSA) is 81.0 Å². The Kier molecular flexibility index (Phi) is 5.19. The number of hydrogen-bond donors (Lipinski definition) is 0. The van der Waals surface area contributed by atoms with E-state index in [1.54, 1.807) is 34.8 Å². The Morgan fingerprint density at radius 2 is 1.90 bits per heavy atom. The SMILES string of the molecule is Cc1nn([C@@H]2CCS(=O)(=O)C2)c(C)c1CN(C)c1nc(C(F)(F)F)nc2ccccc12. The average molecular weight is 453 g/mol. The van der Waals surface area contributed by atoms with E-state index in [4.69, 9.17) is 0 Å². The summed E-state index contributed by atoms with van der Waals surface area (Å²) in [5.41, 5.74) is 2.57. The Hall–Kier alpha value is -2.69. The molecule has 0 radical (unpaired) electrons. The summed E-state index contributed by atoms with van der Waals surface area (Å²) in [5.74, 6) is -0.824. The van der Waals surface area contributed by atoms with Crippen LogP contribution in [0.4, 0.5) is 19.0 Å². The third-order valence-corrected chi connectivity index (χ3v) is 7.37. The van der Waals surface area contributed by atoms with Crippen LogP contribution in [0.25, 0.3) is 10.9 Å². The minimum absolute atomic E-state index is 0.0513. The molecule has 0 bridgehead atoms. The molecule has 1 saturated heterocycles. The van der Waals surface area contributed by atoms with Crippen molar-refractivity contribution in [1.82, 2.24) is 19.7 Å². The molecule has 1 atom stereocenters. The molecule has 0 amide bonds. The number of aryl methyl sites for hydroxylation is 1. The largest absolute Gasteiger partial charge is 0.451 e. The van der Waals surface area contributed by atoms with E-state index in [2.05, 4.69) is 15.1 Å². The van der Waals surface area contributed by atoms with Gasteiger partial charge in [-0.1, -0.05) is 12.1 Å². The van der Waals surface area contributed by atoms with Gasteiger partial charge in [0.15, 0.2) is 9.84 Å². The summed E-state index contributed by atoms with van der Waals surface area (Å²) in [6, 6.07) is 6.35. The third kappa shape index (κ3) is 4.10. The van der Waals surface area contributed by atoms with Gasteiger partial charge in [0.2, 0.25) is 5.82 Å². The predicted octanol–water partition coefficient (Wildman–Crippen LogP) is 3.46. The van der Waals surface area contributed by atoms with Gasteiger partial charge in [0.05, 0.1) is 28.8 Å². The van der Waals surface area contributed by atoms with Crippen LogP contribution in [0.5, 0.6) is 0 Å². The summed E-state index contributed by atoms with van der Waals surface area (Å²) in [6.45, 7) is 3.94. The third-order valence-electron chi connectivity index (χ3n) is 5.62. The van der Waals surface area contributed by atoms with Gasteiger partial charge >= 0.3 is 6.18 Å². The van der Waals surface area contributed by atoms with Gasteiger partial charge in [-0.2, -0.15) is 18.3 Å². The number of aromatic nitrogens is 4. The highest BCUT2D eigenvalue weighted by atomic mass is 32.2. The van der Waals surface area contributed by atoms with Crippen LogP contribution in [0.15, 0.2) is 24.3 Å². The Labute approximate surface area is 177 Å². The number of rotatable bonds is 4. The molecule has 166 valence electrons. The van der Waals surface area contributed by atoms with Crippen LogP contribution in [-0.2, 0) is 22.6 Å². The fraction of sp³-hybridized carbons (Fsp3) is 0.450. The van der Waals surface area contributed by atoms with Gasteiger partial charge in [-0.3, -0.25) is 4.68 Å². The number of anilines is 1. The van der Waals surface area contributed by atoms with Gasteiger partial charge in [-0.15, -0.1) is 0 Å². The second kappa shape index (κ2) is 7.47. The molecular weight excluding hydrogens is 431 g/mol. The molecule has 1 aromatic carbocycles. The summed E-state index contributed by atoms with van der Waals surface area (Å²) in [4.78, 5) is 9.12. The van der Waals surface area contributed by atoms with Crippen LogP contribution in [-0.4, -0.2) is 46.7 Å². The van der Waals surface area contributed by atoms with Crippen molar-refractivity contribution in [2.75, 3.05) is 23.5 Å². The maximum absolute atomic E-state index is 13.3. The van der Waals surface area contributed by atoms with E-state index in [1.165, 1.54) is 6.07 Å². The number of sulfone groups is 1. The minimum atomic E-state index is -4.66. The van der Waals surface area contributed by atoms with Gasteiger partial charge in [0.25, 0.3) is 0 Å². The second-order valence-corrected chi connectivity index (χ2v) is 10.1. The maximum Gasteiger partial charge on any atom is 0.451 e. The van der Waals surface area contributed by atoms with Crippen molar-refractivity contribution in [2.24, 2.45) is 0 Å². The molecule has 7 nitrogen and oxygen atoms in total. The standard InChI is InChI=1S/C20H22F3N5O2S/c1-12-16(13(2)28(26-12)14-8-9-31(29,30)11-14)10-27(3)18-15-6-4-5-7-17(15)24-19(25-18)20(21,22)23/h4-7,14H,8-11H2,1-3H3/t14-/m1/s1. The Balaban J connectivity index is 1.71. The van der Waals surface area contributed by atoms with Crippen LogP contribution in [0.2, 0.25) is 0 Å². The van der Waals surface area contributed by atoms with E-state index in [-0.39, 0.29) is 35.4 Å². The Morgan fingerprint density at radius 3 is 2.55 bits per heavy atom. The maximum atomic E-state index is 13.3. The van der Waals surface area contributed by atoms with Crippen LogP contribution in [0.3, 0.4) is 0 Å². The summed E-state index contributed by atoms with van der Waals surface area (Å²) in [6.07, 6.45) is -4.16. The first-order valence-corrected chi connectivity index (χ1v) is 11.6. The molecular formula is C20H22F3N5O2S. The van der Waals surface area contributed by atoms with Crippen LogP contribution >= 0.6 is 0 Å². The lowest BCUT2D eigenvalue weighted by molar-refractivity contribution is -0.144. The fourth-order valence-corrected chi connectivity index (χ4v) is 5.73. The lowest BCUT2D eigenvalue weighted by Crippen LogP contribution is -2.22. The highest BCUT2D eigenvalue weighted by Gasteiger charge is 2.36. The number of benzene rings is 1. The van der Waals surface area contributed by atoms with E-state index < -0.39 is 21.8 Å². The van der Waals surface area contributed by atoms with E-state index >= 15 is 0 Å². The van der Waals surface area contributed by atoms with Crippen LogP contribution < -0.4 is 4.90 Å². The number of hydrogen-bond acceptors (Lipinski definition) is 6. The van der Waals surface area contributed by atoms with Gasteiger partial charge in [0.1, 0.15) is 5.82 Å². The first-order valence-electron chi connectivity index (χ1n) is 9.76. The predicted molar refractivity (Wildman–Crippen MR) is 111 cm³/mol. The lowest BCUT2D eigenvalue weighted by atomic mass is 10.1. The minimum Gasteiger partial charge on any atom is -0.355 e. The van der Waals surface area contributed by atoms with Gasteiger partial charge in [-0.25, -0.2) is 18.4 Å². The molecule has 1 aliphatic heterocycles. The molecule has 0 saturated carbocycles. The van der Waals surface area contributed by atoms with Crippen molar-refractivity contribution < 1.29 is 21.6 Å². The molecule has 4 rings (SSSR count). The monoisotopic (exact) mass is 453 g/mol. The highest BCUT2D eigenvalue weighted by molar-refractivity contribution is 7.91. The van der Waals surface area contributed by atoms with E-state index in [0.29, 0.717) is 17.5 Å². The smallest absolute Gasteiger partial charge is 0.355 e. The lowest BCUT2D eigenvalue weighted by Gasteiger charge is -2.21. The van der Waals surface area contributed by atoms with Crippen molar-refractivity contribution in [3.8, 4) is 0 Å². The van der Waals surface area contributed by atoms with E-state index in [9.17, 15) is 21.6 Å². The highest BCUT2D eigenvalue weighted by Crippen LogP contribution is 2.33. The van der Waals surface area contributed by atoms with Crippen molar-refractivity contribution in [1.29, 1.82) is 0 Å². The quantitative estimate of drug-likeness (QED) is 0.602. The zero-order valence-corrected chi connectivity index (χ0v) is 18.1. The number of para-hydroxylation sites is 1. The van der Waals surface area contributed by atoms with Crippen molar-refractivity contribution in [2.45, 2.75) is 39.0 Å². The second-order valence-electron chi connectivity index (χ2n) is 7.89. The summed E-state index contributed by atoms with van der Waals surface area (Å²) < 4.78 is 65.5. The molecule has 11 heteroatoms. The normalized spacial score (nSPS) is 18.6. The van der Waals surface area contributed by atoms with Crippen LogP contribution in [0, 0.1) is 13.8 Å². The molecule has 0 N–H and O–H groups in total. The summed E-state index contributed by atoms with van der Waals surface area (Å²) in [7, 11) is -1.40. The molecule has 0 aliphatic carbocycles. The number of nitrogens with zero attached hydrogens (tertiary/aromatic N) is 5. The number of fused-ring (bicyclic) bond motifs is 1. The Morgan fingerprint density at radius 1 is 1.19 bits per heavy atom. The number of alkyl halides is 3. The van der Waals surface area contributed by atoms with E-state index in [1.807, 2.05) is 13.8 Å². The first-order chi connectivity index (χ1) is 14.5. The van der Waals surface area contributed by atoms with Crippen molar-refractivity contribution in [3.05, 3.63) is 47.0 Å². The van der Waals surface area contributed by atoms with Crippen molar-refractivity contribution in [3.63, 3.8) is 0 Å². The van der Waals surface area contributed by atoms with E-state index in [0.717, 1.165) is 11.3 Å². The summed E-state index contributed by atoms with van der Waals surface area (Å²) in [5, 5.41) is 5.05. The Bertz CT molecular complexity index is 1250. The molecule has 0 spiro atoms. The molecule has 0 unspecified atom stereocenters. The van der Waals surface area contributed by atoms with Crippen molar-refractivity contribution >= 4 is 26.6 Å². The fourth-order valence-electron chi connectivity index (χ4n) is 4.04. The molecule has 1 aliphatic rings. The van der Waals surface area contributed by atoms with Crippen LogP contribution in [0.1, 0.15) is 35.2 Å². The molecule has 3 heterocycles. The average Bonchev–Trinajstić information content (AvgIpc) is 3.19.